The minimum Gasteiger partial charge on any atom is -0.385 e. The van der Waals surface area contributed by atoms with Gasteiger partial charge in [0.25, 0.3) is 5.91 Å². The standard InChI is InChI=1S/C16H24N2O2/c1-2-10-20-11-4-9-18-16(19)14-6-7-15-13(12-14)5-3-8-17-15/h6-7,12,17H,2-5,8-11H2,1H3,(H,18,19). The third kappa shape index (κ3) is 4.23. The Morgan fingerprint density at radius 1 is 1.40 bits per heavy atom. The van der Waals surface area contributed by atoms with Crippen molar-refractivity contribution < 1.29 is 9.53 Å². The highest BCUT2D eigenvalue weighted by Gasteiger charge is 2.11. The summed E-state index contributed by atoms with van der Waals surface area (Å²) in [5.74, 6) is 0.00821. The highest BCUT2D eigenvalue weighted by Crippen LogP contribution is 2.22. The Kier molecular flexibility index (Phi) is 5.87. The van der Waals surface area contributed by atoms with Gasteiger partial charge in [-0.15, -0.1) is 0 Å². The van der Waals surface area contributed by atoms with Gasteiger partial charge in [0.1, 0.15) is 0 Å². The quantitative estimate of drug-likeness (QED) is 0.753. The van der Waals surface area contributed by atoms with E-state index >= 15 is 0 Å². The smallest absolute Gasteiger partial charge is 0.251 e. The Morgan fingerprint density at radius 3 is 3.15 bits per heavy atom. The van der Waals surface area contributed by atoms with Crippen molar-refractivity contribution in [2.75, 3.05) is 31.6 Å². The molecule has 1 aliphatic rings. The molecule has 1 aromatic rings. The van der Waals surface area contributed by atoms with Gasteiger partial charge in [-0.3, -0.25) is 4.79 Å². The monoisotopic (exact) mass is 276 g/mol. The minimum atomic E-state index is 0.00821. The van der Waals surface area contributed by atoms with E-state index < -0.39 is 0 Å². The average molecular weight is 276 g/mol. The van der Waals surface area contributed by atoms with Gasteiger partial charge in [-0.1, -0.05) is 6.92 Å². The van der Waals surface area contributed by atoms with Crippen LogP contribution in [0.3, 0.4) is 0 Å². The van der Waals surface area contributed by atoms with Crippen molar-refractivity contribution in [1.29, 1.82) is 0 Å². The van der Waals surface area contributed by atoms with Gasteiger partial charge in [0.05, 0.1) is 0 Å². The van der Waals surface area contributed by atoms with Crippen molar-refractivity contribution in [3.63, 3.8) is 0 Å². The zero-order chi connectivity index (χ0) is 14.2. The van der Waals surface area contributed by atoms with E-state index in [1.165, 1.54) is 11.3 Å². The van der Waals surface area contributed by atoms with Crippen molar-refractivity contribution >= 4 is 11.6 Å². The van der Waals surface area contributed by atoms with E-state index in [0.717, 1.165) is 44.4 Å². The summed E-state index contributed by atoms with van der Waals surface area (Å²) in [7, 11) is 0. The molecule has 0 saturated heterocycles. The number of hydrogen-bond acceptors (Lipinski definition) is 3. The molecule has 1 heterocycles. The maximum absolute atomic E-state index is 12.0. The maximum Gasteiger partial charge on any atom is 0.251 e. The van der Waals surface area contributed by atoms with Crippen LogP contribution in [-0.4, -0.2) is 32.2 Å². The van der Waals surface area contributed by atoms with Gasteiger partial charge in [-0.25, -0.2) is 0 Å². The van der Waals surface area contributed by atoms with Crippen LogP contribution in [0.4, 0.5) is 5.69 Å². The Hall–Kier alpha value is -1.55. The maximum atomic E-state index is 12.0. The highest BCUT2D eigenvalue weighted by atomic mass is 16.5. The SMILES string of the molecule is CCCOCCCNC(=O)c1ccc2c(c1)CCCN2. The normalized spacial score (nSPS) is 13.4. The van der Waals surface area contributed by atoms with Gasteiger partial charge in [0.2, 0.25) is 0 Å². The molecule has 0 fully saturated rings. The van der Waals surface area contributed by atoms with E-state index in [9.17, 15) is 4.79 Å². The molecule has 0 unspecified atom stereocenters. The predicted molar refractivity (Wildman–Crippen MR) is 81.3 cm³/mol. The fourth-order valence-electron chi connectivity index (χ4n) is 2.34. The third-order valence-corrected chi connectivity index (χ3v) is 3.41. The number of nitrogens with one attached hydrogen (secondary N) is 2. The summed E-state index contributed by atoms with van der Waals surface area (Å²) in [6.45, 7) is 5.29. The molecule has 1 amide bonds. The molecule has 110 valence electrons. The lowest BCUT2D eigenvalue weighted by atomic mass is 10.0. The number of ether oxygens (including phenoxy) is 1. The van der Waals surface area contributed by atoms with Gasteiger partial charge in [0, 0.05) is 37.6 Å². The molecule has 2 rings (SSSR count). The number of anilines is 1. The van der Waals surface area contributed by atoms with Crippen LogP contribution in [0.5, 0.6) is 0 Å². The highest BCUT2D eigenvalue weighted by molar-refractivity contribution is 5.94. The van der Waals surface area contributed by atoms with Crippen LogP contribution in [0.15, 0.2) is 18.2 Å². The molecule has 0 radical (unpaired) electrons. The lowest BCUT2D eigenvalue weighted by Crippen LogP contribution is -2.25. The van der Waals surface area contributed by atoms with Gasteiger partial charge >= 0.3 is 0 Å². The van der Waals surface area contributed by atoms with Crippen molar-refractivity contribution in [2.24, 2.45) is 0 Å². The summed E-state index contributed by atoms with van der Waals surface area (Å²) >= 11 is 0. The Morgan fingerprint density at radius 2 is 2.30 bits per heavy atom. The molecule has 4 heteroatoms. The van der Waals surface area contributed by atoms with Crippen LogP contribution in [0.2, 0.25) is 0 Å². The van der Waals surface area contributed by atoms with Crippen molar-refractivity contribution in [3.8, 4) is 0 Å². The molecule has 1 aliphatic heterocycles. The predicted octanol–water partition coefficient (Wildman–Crippen LogP) is 2.59. The zero-order valence-electron chi connectivity index (χ0n) is 12.2. The van der Waals surface area contributed by atoms with E-state index in [1.54, 1.807) is 0 Å². The van der Waals surface area contributed by atoms with E-state index in [4.69, 9.17) is 4.74 Å². The number of carbonyl (C=O) groups excluding carboxylic acids is 1. The van der Waals surface area contributed by atoms with Gasteiger partial charge < -0.3 is 15.4 Å². The Labute approximate surface area is 120 Å². The van der Waals surface area contributed by atoms with E-state index in [-0.39, 0.29) is 5.91 Å². The molecule has 1 aromatic carbocycles. The number of carbonyl (C=O) groups is 1. The first kappa shape index (κ1) is 14.9. The Bertz CT molecular complexity index is 446. The van der Waals surface area contributed by atoms with Crippen molar-refractivity contribution in [3.05, 3.63) is 29.3 Å². The molecule has 0 atom stereocenters. The van der Waals surface area contributed by atoms with Crippen LogP contribution in [0, 0.1) is 0 Å². The first-order chi connectivity index (χ1) is 9.81. The molecule has 2 N–H and O–H groups in total. The first-order valence-electron chi connectivity index (χ1n) is 7.54. The lowest BCUT2D eigenvalue weighted by Gasteiger charge is -2.18. The minimum absolute atomic E-state index is 0.00821. The van der Waals surface area contributed by atoms with Crippen molar-refractivity contribution in [1.82, 2.24) is 5.32 Å². The zero-order valence-corrected chi connectivity index (χ0v) is 12.2. The lowest BCUT2D eigenvalue weighted by molar-refractivity contribution is 0.0941. The van der Waals surface area contributed by atoms with Gasteiger partial charge in [0.15, 0.2) is 0 Å². The average Bonchev–Trinajstić information content (AvgIpc) is 2.50. The van der Waals surface area contributed by atoms with E-state index in [2.05, 4.69) is 17.6 Å². The number of hydrogen-bond donors (Lipinski definition) is 2. The fraction of sp³-hybridized carbons (Fsp3) is 0.562. The number of amides is 1. The van der Waals surface area contributed by atoms with E-state index in [0.29, 0.717) is 13.2 Å². The summed E-state index contributed by atoms with van der Waals surface area (Å²) in [6.07, 6.45) is 4.08. The van der Waals surface area contributed by atoms with Gasteiger partial charge in [-0.05, 0) is 49.4 Å². The molecule has 0 spiro atoms. The Balaban J connectivity index is 1.77. The first-order valence-corrected chi connectivity index (χ1v) is 7.54. The fourth-order valence-corrected chi connectivity index (χ4v) is 2.34. The molecule has 0 bridgehead atoms. The number of fused-ring (bicyclic) bond motifs is 1. The summed E-state index contributed by atoms with van der Waals surface area (Å²) in [6, 6.07) is 5.90. The van der Waals surface area contributed by atoms with Crippen LogP contribution in [-0.2, 0) is 11.2 Å². The molecule has 0 aliphatic carbocycles. The van der Waals surface area contributed by atoms with E-state index in [1.807, 2.05) is 18.2 Å². The topological polar surface area (TPSA) is 50.4 Å². The second-order valence-electron chi connectivity index (χ2n) is 5.12. The molecular formula is C16H24N2O2. The molecule has 0 aromatic heterocycles. The molecule has 0 saturated carbocycles. The van der Waals surface area contributed by atoms with Crippen LogP contribution < -0.4 is 10.6 Å². The van der Waals surface area contributed by atoms with Gasteiger partial charge in [-0.2, -0.15) is 0 Å². The number of rotatable bonds is 7. The molecule has 4 nitrogen and oxygen atoms in total. The molecular weight excluding hydrogens is 252 g/mol. The largest absolute Gasteiger partial charge is 0.385 e. The molecule has 20 heavy (non-hydrogen) atoms. The second-order valence-corrected chi connectivity index (χ2v) is 5.12. The van der Waals surface area contributed by atoms with Crippen LogP contribution in [0.1, 0.15) is 42.1 Å². The summed E-state index contributed by atoms with van der Waals surface area (Å²) in [5.41, 5.74) is 3.16. The third-order valence-electron chi connectivity index (χ3n) is 3.41. The second kappa shape index (κ2) is 7.90. The number of benzene rings is 1. The number of aryl methyl sites for hydroxylation is 1. The van der Waals surface area contributed by atoms with Crippen LogP contribution >= 0.6 is 0 Å². The van der Waals surface area contributed by atoms with Crippen LogP contribution in [0.25, 0.3) is 0 Å². The summed E-state index contributed by atoms with van der Waals surface area (Å²) in [5, 5.41) is 6.30. The summed E-state index contributed by atoms with van der Waals surface area (Å²) < 4.78 is 5.39. The van der Waals surface area contributed by atoms with Crippen molar-refractivity contribution in [2.45, 2.75) is 32.6 Å². The summed E-state index contributed by atoms with van der Waals surface area (Å²) in [4.78, 5) is 12.0.